The second-order valence-corrected chi connectivity index (χ2v) is 8.31. The topological polar surface area (TPSA) is 33.2 Å². The molecule has 0 N–H and O–H groups in total. The molecule has 0 unspecified atom stereocenters. The van der Waals surface area contributed by atoms with Gasteiger partial charge in [-0.05, 0) is 29.1 Å². The zero-order valence-electron chi connectivity index (χ0n) is 14.3. The highest BCUT2D eigenvalue weighted by Crippen LogP contribution is 2.52. The van der Waals surface area contributed by atoms with Gasteiger partial charge in [0.25, 0.3) is 0 Å². The monoisotopic (exact) mass is 336 g/mol. The van der Waals surface area contributed by atoms with E-state index in [0.717, 1.165) is 21.6 Å². The van der Waals surface area contributed by atoms with E-state index in [1.807, 2.05) is 54.6 Å². The fraction of sp³-hybridized carbons (Fsp3) is 0.300. The summed E-state index contributed by atoms with van der Waals surface area (Å²) in [7, 11) is 0. The van der Waals surface area contributed by atoms with Crippen molar-refractivity contribution in [3.05, 3.63) is 53.5 Å². The van der Waals surface area contributed by atoms with E-state index in [2.05, 4.69) is 31.0 Å². The molecule has 0 aliphatic carbocycles. The minimum absolute atomic E-state index is 0.113. The van der Waals surface area contributed by atoms with Crippen molar-refractivity contribution >= 4 is 38.8 Å². The molecular formula is C20H20N2OS. The van der Waals surface area contributed by atoms with Crippen LogP contribution in [0, 0.1) is 5.41 Å². The van der Waals surface area contributed by atoms with Crippen LogP contribution in [0.2, 0.25) is 0 Å². The third kappa shape index (κ3) is 1.89. The number of carbonyl (C=O) groups is 1. The van der Waals surface area contributed by atoms with Crippen molar-refractivity contribution in [1.82, 2.24) is 4.98 Å². The van der Waals surface area contributed by atoms with Gasteiger partial charge in [0, 0.05) is 10.8 Å². The molecule has 0 saturated heterocycles. The largest absolute Gasteiger partial charge is 0.279 e. The van der Waals surface area contributed by atoms with Gasteiger partial charge < -0.3 is 0 Å². The van der Waals surface area contributed by atoms with Crippen LogP contribution in [0.25, 0.3) is 10.2 Å². The fourth-order valence-corrected chi connectivity index (χ4v) is 4.14. The van der Waals surface area contributed by atoms with Gasteiger partial charge in [-0.1, -0.05) is 45.9 Å². The standard InChI is InChI=1S/C20H20N2OS/c1-19(2)15-7-5-6-8-16(15)22(18(23)20(19,3)4)14-11-13-9-10-24-17(13)21-12-14/h5-12H,1-4H3. The quantitative estimate of drug-likeness (QED) is 0.606. The number of amides is 1. The lowest BCUT2D eigenvalue weighted by Crippen LogP contribution is -2.53. The van der Waals surface area contributed by atoms with E-state index in [1.54, 1.807) is 11.3 Å². The lowest BCUT2D eigenvalue weighted by atomic mass is 9.61. The zero-order valence-corrected chi connectivity index (χ0v) is 15.1. The van der Waals surface area contributed by atoms with Crippen molar-refractivity contribution in [2.45, 2.75) is 33.1 Å². The van der Waals surface area contributed by atoms with Crippen molar-refractivity contribution in [1.29, 1.82) is 0 Å². The smallest absolute Gasteiger partial charge is 0.238 e. The summed E-state index contributed by atoms with van der Waals surface area (Å²) in [5.41, 5.74) is 2.24. The third-order valence-electron chi connectivity index (χ3n) is 5.67. The fourth-order valence-electron chi connectivity index (χ4n) is 3.42. The lowest BCUT2D eigenvalue weighted by Gasteiger charge is -2.49. The summed E-state index contributed by atoms with van der Waals surface area (Å²) in [5, 5.41) is 3.10. The molecule has 0 fully saturated rings. The Hall–Kier alpha value is -2.20. The summed E-state index contributed by atoms with van der Waals surface area (Å²) in [5.74, 6) is 0.113. The minimum Gasteiger partial charge on any atom is -0.279 e. The molecule has 0 bridgehead atoms. The molecular weight excluding hydrogens is 316 g/mol. The highest BCUT2D eigenvalue weighted by atomic mass is 32.1. The molecule has 3 heterocycles. The van der Waals surface area contributed by atoms with E-state index in [9.17, 15) is 4.79 Å². The van der Waals surface area contributed by atoms with E-state index in [1.165, 1.54) is 5.56 Å². The molecule has 1 aromatic carbocycles. The van der Waals surface area contributed by atoms with Crippen LogP contribution in [-0.4, -0.2) is 10.9 Å². The number of hydrogen-bond donors (Lipinski definition) is 0. The molecule has 1 amide bonds. The van der Waals surface area contributed by atoms with E-state index >= 15 is 0 Å². The molecule has 3 aromatic rings. The Bertz CT molecular complexity index is 955. The van der Waals surface area contributed by atoms with Gasteiger partial charge in [-0.2, -0.15) is 0 Å². The lowest BCUT2D eigenvalue weighted by molar-refractivity contribution is -0.129. The van der Waals surface area contributed by atoms with E-state index in [-0.39, 0.29) is 11.3 Å². The SMILES string of the molecule is CC1(C)C(=O)N(c2cnc3sccc3c2)c2ccccc2C1(C)C. The molecule has 2 aromatic heterocycles. The Kier molecular flexibility index (Phi) is 3.13. The van der Waals surface area contributed by atoms with E-state index < -0.39 is 5.41 Å². The van der Waals surface area contributed by atoms with E-state index in [0.29, 0.717) is 0 Å². The number of rotatable bonds is 1. The number of hydrogen-bond acceptors (Lipinski definition) is 3. The van der Waals surface area contributed by atoms with Gasteiger partial charge in [-0.3, -0.25) is 9.69 Å². The van der Waals surface area contributed by atoms with E-state index in [4.69, 9.17) is 0 Å². The minimum atomic E-state index is -0.509. The predicted octanol–water partition coefficient (Wildman–Crippen LogP) is 5.28. The van der Waals surface area contributed by atoms with Gasteiger partial charge in [0.1, 0.15) is 4.83 Å². The van der Waals surface area contributed by atoms with Crippen LogP contribution >= 0.6 is 11.3 Å². The average Bonchev–Trinajstić information content (AvgIpc) is 3.02. The number of pyridine rings is 1. The number of benzene rings is 1. The highest BCUT2D eigenvalue weighted by Gasteiger charge is 2.52. The Morgan fingerprint density at radius 3 is 2.58 bits per heavy atom. The Morgan fingerprint density at radius 1 is 1.04 bits per heavy atom. The molecule has 0 atom stereocenters. The van der Waals surface area contributed by atoms with Crippen molar-refractivity contribution in [3.63, 3.8) is 0 Å². The van der Waals surface area contributed by atoms with Crippen LogP contribution in [-0.2, 0) is 10.2 Å². The van der Waals surface area contributed by atoms with Crippen LogP contribution in [0.15, 0.2) is 48.0 Å². The molecule has 4 heteroatoms. The van der Waals surface area contributed by atoms with Crippen molar-refractivity contribution in [2.75, 3.05) is 4.90 Å². The second kappa shape index (κ2) is 4.90. The Labute approximate surface area is 146 Å². The summed E-state index contributed by atoms with van der Waals surface area (Å²) in [4.78, 5) is 20.8. The number of para-hydroxylation sites is 1. The number of anilines is 2. The van der Waals surface area contributed by atoms with Crippen LogP contribution in [0.5, 0.6) is 0 Å². The first-order valence-corrected chi connectivity index (χ1v) is 8.99. The first kappa shape index (κ1) is 15.3. The number of thiophene rings is 1. The summed E-state index contributed by atoms with van der Waals surface area (Å²) in [6.07, 6.45) is 1.81. The molecule has 0 radical (unpaired) electrons. The molecule has 1 aliphatic heterocycles. The highest BCUT2D eigenvalue weighted by molar-refractivity contribution is 7.16. The van der Waals surface area contributed by atoms with Crippen molar-refractivity contribution < 1.29 is 4.79 Å². The van der Waals surface area contributed by atoms with Gasteiger partial charge in [0.2, 0.25) is 5.91 Å². The van der Waals surface area contributed by atoms with Gasteiger partial charge in [-0.25, -0.2) is 4.98 Å². The maximum absolute atomic E-state index is 13.4. The molecule has 24 heavy (non-hydrogen) atoms. The maximum atomic E-state index is 13.4. The summed E-state index contributed by atoms with van der Waals surface area (Å²) < 4.78 is 0. The van der Waals surface area contributed by atoms with Crippen LogP contribution < -0.4 is 4.90 Å². The van der Waals surface area contributed by atoms with Gasteiger partial charge in [0.05, 0.1) is 23.0 Å². The van der Waals surface area contributed by atoms with Crippen LogP contribution in [0.4, 0.5) is 11.4 Å². The van der Waals surface area contributed by atoms with Crippen molar-refractivity contribution in [3.8, 4) is 0 Å². The number of fused-ring (bicyclic) bond motifs is 2. The zero-order chi connectivity index (χ0) is 17.1. The molecule has 0 saturated carbocycles. The summed E-state index contributed by atoms with van der Waals surface area (Å²) in [6.45, 7) is 8.38. The normalized spacial score (nSPS) is 18.7. The Balaban J connectivity index is 1.98. The van der Waals surface area contributed by atoms with Gasteiger partial charge in [0.15, 0.2) is 0 Å². The molecule has 1 aliphatic rings. The Morgan fingerprint density at radius 2 is 1.79 bits per heavy atom. The molecule has 122 valence electrons. The molecule has 4 rings (SSSR count). The summed E-state index contributed by atoms with van der Waals surface area (Å²) in [6, 6.07) is 12.3. The first-order chi connectivity index (χ1) is 11.3. The maximum Gasteiger partial charge on any atom is 0.238 e. The van der Waals surface area contributed by atoms with Crippen LogP contribution in [0.1, 0.15) is 33.3 Å². The van der Waals surface area contributed by atoms with Gasteiger partial charge in [-0.15, -0.1) is 11.3 Å². The first-order valence-electron chi connectivity index (χ1n) is 8.11. The number of aromatic nitrogens is 1. The van der Waals surface area contributed by atoms with Gasteiger partial charge >= 0.3 is 0 Å². The third-order valence-corrected chi connectivity index (χ3v) is 6.50. The summed E-state index contributed by atoms with van der Waals surface area (Å²) >= 11 is 1.61. The predicted molar refractivity (Wildman–Crippen MR) is 100 cm³/mol. The van der Waals surface area contributed by atoms with Crippen molar-refractivity contribution in [2.24, 2.45) is 5.41 Å². The number of nitrogens with zero attached hydrogens (tertiary/aromatic N) is 2. The van der Waals surface area contributed by atoms with Crippen LogP contribution in [0.3, 0.4) is 0 Å². The average molecular weight is 336 g/mol. The molecule has 3 nitrogen and oxygen atoms in total. The second-order valence-electron chi connectivity index (χ2n) is 7.42. The molecule has 0 spiro atoms. The number of carbonyl (C=O) groups excluding carboxylic acids is 1.